The fraction of sp³-hybridized carbons (Fsp3) is 0.833. The molecule has 116 valence electrons. The Morgan fingerprint density at radius 3 is 2.65 bits per heavy atom. The van der Waals surface area contributed by atoms with Gasteiger partial charge in [-0.25, -0.2) is 13.2 Å². The third-order valence-electron chi connectivity index (χ3n) is 3.28. The van der Waals surface area contributed by atoms with Gasteiger partial charge in [0.1, 0.15) is 15.9 Å². The second kappa shape index (κ2) is 7.58. The average molecular weight is 306 g/mol. The Morgan fingerprint density at radius 2 is 2.15 bits per heavy atom. The van der Waals surface area contributed by atoms with Gasteiger partial charge in [-0.2, -0.15) is 0 Å². The summed E-state index contributed by atoms with van der Waals surface area (Å²) in [5.74, 6) is -1.58. The first-order valence-electron chi connectivity index (χ1n) is 6.68. The van der Waals surface area contributed by atoms with Crippen LogP contribution in [-0.2, 0) is 19.4 Å². The molecule has 0 aromatic rings. The van der Waals surface area contributed by atoms with E-state index in [0.29, 0.717) is 0 Å². The van der Waals surface area contributed by atoms with Crippen LogP contribution in [0.15, 0.2) is 0 Å². The number of carbonyl (C=O) groups excluding carboxylic acids is 1. The van der Waals surface area contributed by atoms with Crippen LogP contribution in [0.2, 0.25) is 0 Å². The predicted octanol–water partition coefficient (Wildman–Crippen LogP) is -0.620. The second-order valence-electron chi connectivity index (χ2n) is 5.29. The van der Waals surface area contributed by atoms with E-state index in [0.717, 1.165) is 32.2 Å². The van der Waals surface area contributed by atoms with Crippen LogP contribution in [0.1, 0.15) is 25.7 Å². The van der Waals surface area contributed by atoms with Crippen molar-refractivity contribution in [1.29, 1.82) is 0 Å². The minimum atomic E-state index is -3.24. The van der Waals surface area contributed by atoms with Gasteiger partial charge < -0.3 is 15.7 Å². The molecule has 2 unspecified atom stereocenters. The summed E-state index contributed by atoms with van der Waals surface area (Å²) in [6.45, 7) is 1.71. The van der Waals surface area contributed by atoms with Crippen LogP contribution in [0.5, 0.6) is 0 Å². The highest BCUT2D eigenvalue weighted by atomic mass is 32.2. The van der Waals surface area contributed by atoms with Gasteiger partial charge in [-0.15, -0.1) is 0 Å². The van der Waals surface area contributed by atoms with E-state index in [-0.39, 0.29) is 30.4 Å². The number of sulfone groups is 1. The molecule has 1 aliphatic heterocycles. The maximum Gasteiger partial charge on any atom is 0.326 e. The number of aliphatic carboxylic acids is 1. The van der Waals surface area contributed by atoms with Gasteiger partial charge in [-0.1, -0.05) is 0 Å². The molecule has 8 heteroatoms. The van der Waals surface area contributed by atoms with Crippen LogP contribution in [-0.4, -0.2) is 56.5 Å². The highest BCUT2D eigenvalue weighted by molar-refractivity contribution is 7.90. The van der Waals surface area contributed by atoms with E-state index < -0.39 is 21.8 Å². The van der Waals surface area contributed by atoms with Crippen molar-refractivity contribution in [3.63, 3.8) is 0 Å². The smallest absolute Gasteiger partial charge is 0.326 e. The van der Waals surface area contributed by atoms with Crippen molar-refractivity contribution >= 4 is 21.7 Å². The number of carboxylic acid groups (broad SMARTS) is 1. The second-order valence-corrected chi connectivity index (χ2v) is 7.55. The fourth-order valence-corrected chi connectivity index (χ4v) is 2.87. The first-order valence-corrected chi connectivity index (χ1v) is 8.74. The van der Waals surface area contributed by atoms with Crippen molar-refractivity contribution in [1.82, 2.24) is 10.6 Å². The minimum Gasteiger partial charge on any atom is -0.480 e. The van der Waals surface area contributed by atoms with Crippen molar-refractivity contribution in [3.8, 4) is 0 Å². The Hall–Kier alpha value is -1.15. The summed E-state index contributed by atoms with van der Waals surface area (Å²) >= 11 is 0. The van der Waals surface area contributed by atoms with Gasteiger partial charge in [0, 0.05) is 12.7 Å². The molecule has 0 aliphatic carbocycles. The van der Waals surface area contributed by atoms with Crippen molar-refractivity contribution in [2.24, 2.45) is 5.92 Å². The first-order chi connectivity index (χ1) is 9.28. The molecule has 2 atom stereocenters. The number of amides is 1. The molecule has 3 N–H and O–H groups in total. The molecule has 1 amide bonds. The molecular formula is C12H22N2O5S. The van der Waals surface area contributed by atoms with Crippen molar-refractivity contribution in [2.45, 2.75) is 31.7 Å². The van der Waals surface area contributed by atoms with Crippen LogP contribution in [0.25, 0.3) is 0 Å². The maximum atomic E-state index is 11.8. The highest BCUT2D eigenvalue weighted by Crippen LogP contribution is 2.13. The Morgan fingerprint density at radius 1 is 1.45 bits per heavy atom. The number of carboxylic acids is 1. The van der Waals surface area contributed by atoms with Gasteiger partial charge in [0.2, 0.25) is 5.91 Å². The quantitative estimate of drug-likeness (QED) is 0.578. The zero-order valence-electron chi connectivity index (χ0n) is 11.6. The molecule has 1 heterocycles. The predicted molar refractivity (Wildman–Crippen MR) is 74.1 cm³/mol. The number of nitrogens with one attached hydrogen (secondary N) is 2. The van der Waals surface area contributed by atoms with Gasteiger partial charge in [-0.3, -0.25) is 4.79 Å². The summed E-state index contributed by atoms with van der Waals surface area (Å²) in [7, 11) is -3.24. The van der Waals surface area contributed by atoms with Crippen LogP contribution in [0.4, 0.5) is 0 Å². The zero-order valence-corrected chi connectivity index (χ0v) is 12.4. The monoisotopic (exact) mass is 306 g/mol. The van der Waals surface area contributed by atoms with E-state index in [1.807, 2.05) is 0 Å². The first kappa shape index (κ1) is 16.9. The average Bonchev–Trinajstić information content (AvgIpc) is 2.34. The third-order valence-corrected chi connectivity index (χ3v) is 4.26. The number of carbonyl (C=O) groups is 2. The lowest BCUT2D eigenvalue weighted by Gasteiger charge is -2.23. The van der Waals surface area contributed by atoms with Gasteiger partial charge in [0.15, 0.2) is 0 Å². The Labute approximate surface area is 119 Å². The van der Waals surface area contributed by atoms with Crippen LogP contribution in [0.3, 0.4) is 0 Å². The van der Waals surface area contributed by atoms with E-state index in [9.17, 15) is 18.0 Å². The van der Waals surface area contributed by atoms with Gasteiger partial charge in [0.05, 0.1) is 5.75 Å². The van der Waals surface area contributed by atoms with Crippen LogP contribution < -0.4 is 10.6 Å². The minimum absolute atomic E-state index is 0.108. The van der Waals surface area contributed by atoms with Gasteiger partial charge in [0.25, 0.3) is 0 Å². The van der Waals surface area contributed by atoms with Crippen molar-refractivity contribution in [3.05, 3.63) is 0 Å². The molecular weight excluding hydrogens is 284 g/mol. The molecule has 1 aliphatic rings. The number of piperidine rings is 1. The lowest BCUT2D eigenvalue weighted by molar-refractivity contribution is -0.142. The molecule has 20 heavy (non-hydrogen) atoms. The molecule has 0 spiro atoms. The van der Waals surface area contributed by atoms with Crippen LogP contribution in [0, 0.1) is 5.92 Å². The molecule has 7 nitrogen and oxygen atoms in total. The van der Waals surface area contributed by atoms with Crippen molar-refractivity contribution < 1.29 is 23.1 Å². The standard InChI is InChI=1S/C12H22N2O5S/c1-20(18,19)6-4-10(12(16)17)14-11(15)7-9-3-2-5-13-8-9/h9-10,13H,2-8H2,1H3,(H,14,15)(H,16,17). The molecule has 0 saturated carbocycles. The molecule has 0 radical (unpaired) electrons. The van der Waals surface area contributed by atoms with Crippen LogP contribution >= 0.6 is 0 Å². The molecule has 1 rings (SSSR count). The Bertz CT molecular complexity index is 443. The SMILES string of the molecule is CS(=O)(=O)CCC(NC(=O)CC1CCCNC1)C(=O)O. The van der Waals surface area contributed by atoms with E-state index in [1.165, 1.54) is 0 Å². The lowest BCUT2D eigenvalue weighted by Crippen LogP contribution is -2.43. The van der Waals surface area contributed by atoms with Gasteiger partial charge in [-0.05, 0) is 38.3 Å². The molecule has 0 aromatic heterocycles. The number of hydrogen-bond acceptors (Lipinski definition) is 5. The molecule has 1 saturated heterocycles. The van der Waals surface area contributed by atoms with E-state index >= 15 is 0 Å². The molecule has 0 bridgehead atoms. The van der Waals surface area contributed by atoms with Crippen molar-refractivity contribution in [2.75, 3.05) is 25.1 Å². The van der Waals surface area contributed by atoms with E-state index in [2.05, 4.69) is 10.6 Å². The number of hydrogen-bond donors (Lipinski definition) is 3. The summed E-state index contributed by atoms with van der Waals surface area (Å²) < 4.78 is 22.1. The fourth-order valence-electron chi connectivity index (χ4n) is 2.20. The summed E-state index contributed by atoms with van der Waals surface area (Å²) in [6, 6.07) is -1.14. The topological polar surface area (TPSA) is 113 Å². The Balaban J connectivity index is 2.43. The number of rotatable bonds is 7. The molecule has 0 aromatic carbocycles. The normalized spacial score (nSPS) is 21.1. The lowest BCUT2D eigenvalue weighted by atomic mass is 9.96. The summed E-state index contributed by atoms with van der Waals surface area (Å²) in [4.78, 5) is 22.8. The highest BCUT2D eigenvalue weighted by Gasteiger charge is 2.23. The maximum absolute atomic E-state index is 11.8. The van der Waals surface area contributed by atoms with E-state index in [1.54, 1.807) is 0 Å². The largest absolute Gasteiger partial charge is 0.480 e. The third kappa shape index (κ3) is 6.85. The van der Waals surface area contributed by atoms with E-state index in [4.69, 9.17) is 5.11 Å². The Kier molecular flexibility index (Phi) is 6.41. The summed E-state index contributed by atoms with van der Waals surface area (Å²) in [5, 5.41) is 14.6. The summed E-state index contributed by atoms with van der Waals surface area (Å²) in [6.07, 6.45) is 3.16. The zero-order chi connectivity index (χ0) is 15.2. The van der Waals surface area contributed by atoms with Gasteiger partial charge >= 0.3 is 5.97 Å². The summed E-state index contributed by atoms with van der Waals surface area (Å²) in [5.41, 5.74) is 0. The molecule has 1 fully saturated rings.